The number of rotatable bonds is 4. The standard InChI is InChI=1S/C11H15N5/c1-2-9(16-7-3-6-12-16)11-13-10(14-15-11)8-4-5-8/h3,6-9H,2,4-5H2,1H3,(H,13,14,15)/t9-/m0/s1. The lowest BCUT2D eigenvalue weighted by molar-refractivity contribution is 0.485. The molecule has 84 valence electrons. The molecule has 0 spiro atoms. The topological polar surface area (TPSA) is 59.4 Å². The lowest BCUT2D eigenvalue weighted by Crippen LogP contribution is -2.11. The molecule has 0 amide bonds. The Bertz CT molecular complexity index is 454. The minimum atomic E-state index is 0.152. The van der Waals surface area contributed by atoms with Gasteiger partial charge in [-0.15, -0.1) is 0 Å². The molecule has 1 atom stereocenters. The van der Waals surface area contributed by atoms with Gasteiger partial charge in [0.25, 0.3) is 0 Å². The second-order valence-corrected chi connectivity index (χ2v) is 4.26. The van der Waals surface area contributed by atoms with Crippen LogP contribution in [0.5, 0.6) is 0 Å². The zero-order valence-electron chi connectivity index (χ0n) is 9.30. The van der Waals surface area contributed by atoms with Gasteiger partial charge in [-0.25, -0.2) is 4.98 Å². The van der Waals surface area contributed by atoms with Crippen molar-refractivity contribution in [3.8, 4) is 0 Å². The molecular weight excluding hydrogens is 202 g/mol. The van der Waals surface area contributed by atoms with Gasteiger partial charge in [0, 0.05) is 18.3 Å². The third kappa shape index (κ3) is 1.62. The first-order valence-corrected chi connectivity index (χ1v) is 5.79. The van der Waals surface area contributed by atoms with Crippen LogP contribution in [0.3, 0.4) is 0 Å². The highest BCUT2D eigenvalue weighted by Gasteiger charge is 2.28. The van der Waals surface area contributed by atoms with Gasteiger partial charge in [-0.1, -0.05) is 6.92 Å². The Hall–Kier alpha value is -1.65. The maximum absolute atomic E-state index is 4.57. The van der Waals surface area contributed by atoms with E-state index in [2.05, 4.69) is 27.2 Å². The van der Waals surface area contributed by atoms with Crippen LogP contribution in [0, 0.1) is 0 Å². The largest absolute Gasteiger partial charge is 0.263 e. The van der Waals surface area contributed by atoms with E-state index in [1.54, 1.807) is 6.20 Å². The molecule has 16 heavy (non-hydrogen) atoms. The van der Waals surface area contributed by atoms with E-state index in [0.717, 1.165) is 18.1 Å². The van der Waals surface area contributed by atoms with Gasteiger partial charge in [-0.2, -0.15) is 10.2 Å². The fourth-order valence-corrected chi connectivity index (χ4v) is 1.93. The number of nitrogens with zero attached hydrogens (tertiary/aromatic N) is 4. The summed E-state index contributed by atoms with van der Waals surface area (Å²) in [6.45, 7) is 2.12. The Labute approximate surface area is 93.9 Å². The first kappa shape index (κ1) is 9.57. The maximum Gasteiger partial charge on any atom is 0.175 e. The monoisotopic (exact) mass is 217 g/mol. The molecule has 2 heterocycles. The summed E-state index contributed by atoms with van der Waals surface area (Å²) in [5.74, 6) is 2.52. The molecule has 1 aliphatic rings. The zero-order valence-corrected chi connectivity index (χ0v) is 9.30. The van der Waals surface area contributed by atoms with Gasteiger partial charge in [0.1, 0.15) is 11.9 Å². The molecule has 1 aliphatic carbocycles. The van der Waals surface area contributed by atoms with Crippen molar-refractivity contribution < 1.29 is 0 Å². The van der Waals surface area contributed by atoms with Crippen LogP contribution in [0.4, 0.5) is 0 Å². The highest BCUT2D eigenvalue weighted by molar-refractivity contribution is 5.07. The smallest absolute Gasteiger partial charge is 0.175 e. The molecule has 2 aromatic rings. The van der Waals surface area contributed by atoms with Crippen LogP contribution >= 0.6 is 0 Å². The van der Waals surface area contributed by atoms with Crippen molar-refractivity contribution in [1.82, 2.24) is 25.0 Å². The predicted molar refractivity (Wildman–Crippen MR) is 59.0 cm³/mol. The molecule has 0 aliphatic heterocycles. The van der Waals surface area contributed by atoms with Crippen molar-refractivity contribution in [2.24, 2.45) is 0 Å². The van der Waals surface area contributed by atoms with Crippen LogP contribution in [-0.4, -0.2) is 25.0 Å². The van der Waals surface area contributed by atoms with Crippen molar-refractivity contribution >= 4 is 0 Å². The number of H-pyrrole nitrogens is 1. The third-order valence-electron chi connectivity index (χ3n) is 3.01. The summed E-state index contributed by atoms with van der Waals surface area (Å²) in [6, 6.07) is 2.08. The minimum absolute atomic E-state index is 0.152. The van der Waals surface area contributed by atoms with Crippen LogP contribution in [0.15, 0.2) is 18.5 Å². The van der Waals surface area contributed by atoms with Gasteiger partial charge in [0.15, 0.2) is 5.82 Å². The number of hydrogen-bond acceptors (Lipinski definition) is 3. The van der Waals surface area contributed by atoms with E-state index in [0.29, 0.717) is 5.92 Å². The summed E-state index contributed by atoms with van der Waals surface area (Å²) in [5.41, 5.74) is 0. The third-order valence-corrected chi connectivity index (χ3v) is 3.01. The molecule has 0 unspecified atom stereocenters. The maximum atomic E-state index is 4.57. The lowest BCUT2D eigenvalue weighted by atomic mass is 10.2. The molecule has 0 saturated heterocycles. The normalized spacial score (nSPS) is 17.6. The second-order valence-electron chi connectivity index (χ2n) is 4.26. The summed E-state index contributed by atoms with van der Waals surface area (Å²) in [5, 5.41) is 11.6. The highest BCUT2D eigenvalue weighted by Crippen LogP contribution is 2.38. The minimum Gasteiger partial charge on any atom is -0.263 e. The molecular formula is C11H15N5. The van der Waals surface area contributed by atoms with E-state index in [-0.39, 0.29) is 6.04 Å². The molecule has 5 heteroatoms. The van der Waals surface area contributed by atoms with E-state index in [9.17, 15) is 0 Å². The summed E-state index contributed by atoms with van der Waals surface area (Å²) >= 11 is 0. The molecule has 5 nitrogen and oxygen atoms in total. The second kappa shape index (κ2) is 3.73. The number of aromatic nitrogens is 5. The van der Waals surface area contributed by atoms with Gasteiger partial charge in [-0.3, -0.25) is 9.78 Å². The Morgan fingerprint density at radius 2 is 2.44 bits per heavy atom. The van der Waals surface area contributed by atoms with Crippen molar-refractivity contribution in [1.29, 1.82) is 0 Å². The van der Waals surface area contributed by atoms with E-state index in [1.807, 2.05) is 16.9 Å². The van der Waals surface area contributed by atoms with Crippen molar-refractivity contribution in [3.63, 3.8) is 0 Å². The number of aromatic amines is 1. The Morgan fingerprint density at radius 1 is 1.56 bits per heavy atom. The van der Waals surface area contributed by atoms with Gasteiger partial charge in [-0.05, 0) is 25.3 Å². The van der Waals surface area contributed by atoms with Crippen LogP contribution in [-0.2, 0) is 0 Å². The Morgan fingerprint density at radius 3 is 3.06 bits per heavy atom. The van der Waals surface area contributed by atoms with Crippen molar-refractivity contribution in [2.45, 2.75) is 38.1 Å². The van der Waals surface area contributed by atoms with Gasteiger partial charge < -0.3 is 0 Å². The Balaban J connectivity index is 1.87. The van der Waals surface area contributed by atoms with E-state index in [1.165, 1.54) is 12.8 Å². The first-order valence-electron chi connectivity index (χ1n) is 5.79. The van der Waals surface area contributed by atoms with Gasteiger partial charge >= 0.3 is 0 Å². The zero-order chi connectivity index (χ0) is 11.0. The fraction of sp³-hybridized carbons (Fsp3) is 0.545. The predicted octanol–water partition coefficient (Wildman–Crippen LogP) is 1.88. The summed E-state index contributed by atoms with van der Waals surface area (Å²) in [4.78, 5) is 4.57. The Kier molecular flexibility index (Phi) is 2.23. The molecule has 3 rings (SSSR count). The fourth-order valence-electron chi connectivity index (χ4n) is 1.93. The highest BCUT2D eigenvalue weighted by atomic mass is 15.3. The molecule has 2 aromatic heterocycles. The van der Waals surface area contributed by atoms with Gasteiger partial charge in [0.05, 0.1) is 0 Å². The lowest BCUT2D eigenvalue weighted by Gasteiger charge is -2.10. The van der Waals surface area contributed by atoms with Gasteiger partial charge in [0.2, 0.25) is 0 Å². The summed E-state index contributed by atoms with van der Waals surface area (Å²) in [7, 11) is 0. The van der Waals surface area contributed by atoms with Crippen LogP contribution in [0.25, 0.3) is 0 Å². The van der Waals surface area contributed by atoms with E-state index in [4.69, 9.17) is 0 Å². The van der Waals surface area contributed by atoms with Crippen LogP contribution < -0.4 is 0 Å². The number of hydrogen-bond donors (Lipinski definition) is 1. The quantitative estimate of drug-likeness (QED) is 0.850. The van der Waals surface area contributed by atoms with Crippen molar-refractivity contribution in [2.75, 3.05) is 0 Å². The van der Waals surface area contributed by atoms with Crippen molar-refractivity contribution in [3.05, 3.63) is 30.1 Å². The molecule has 1 N–H and O–H groups in total. The molecule has 0 aromatic carbocycles. The molecule has 0 bridgehead atoms. The van der Waals surface area contributed by atoms with Crippen LogP contribution in [0.2, 0.25) is 0 Å². The molecule has 1 fully saturated rings. The average Bonchev–Trinajstić information content (AvgIpc) is 2.82. The van der Waals surface area contributed by atoms with Crippen LogP contribution in [0.1, 0.15) is 49.8 Å². The number of nitrogens with one attached hydrogen (secondary N) is 1. The van der Waals surface area contributed by atoms with E-state index < -0.39 is 0 Å². The molecule has 0 radical (unpaired) electrons. The summed E-state index contributed by atoms with van der Waals surface area (Å²) < 4.78 is 1.92. The first-order chi connectivity index (χ1) is 7.88. The molecule has 1 saturated carbocycles. The SMILES string of the molecule is CC[C@@H](c1n[nH]c(C2CC2)n1)n1cccn1. The summed E-state index contributed by atoms with van der Waals surface area (Å²) in [6.07, 6.45) is 7.18. The average molecular weight is 217 g/mol. The van der Waals surface area contributed by atoms with E-state index >= 15 is 0 Å².